The minimum absolute atomic E-state index is 0.379. The van der Waals surface area contributed by atoms with Crippen molar-refractivity contribution in [2.75, 3.05) is 17.7 Å². The first-order valence-electron chi connectivity index (χ1n) is 7.94. The van der Waals surface area contributed by atoms with E-state index >= 15 is 0 Å². The Morgan fingerprint density at radius 2 is 1.33 bits per heavy atom. The standard InChI is InChI=1S/C20H15F3N2O2/c1-27-15-8-6-13(7-9-15)24-12-2-4-14(5-3-12)25-20(26)16-10-11-17(21)19(23)18(16)22/h2-11,24H,1H3,(H,25,26). The van der Waals surface area contributed by atoms with Crippen molar-refractivity contribution in [1.82, 2.24) is 0 Å². The second-order valence-electron chi connectivity index (χ2n) is 5.61. The van der Waals surface area contributed by atoms with Gasteiger partial charge in [-0.05, 0) is 60.7 Å². The highest BCUT2D eigenvalue weighted by molar-refractivity contribution is 6.04. The van der Waals surface area contributed by atoms with Crippen molar-refractivity contribution in [2.45, 2.75) is 0 Å². The van der Waals surface area contributed by atoms with Crippen molar-refractivity contribution >= 4 is 23.0 Å². The van der Waals surface area contributed by atoms with Crippen molar-refractivity contribution in [3.05, 3.63) is 83.7 Å². The number of ether oxygens (including phenoxy) is 1. The third-order valence-corrected chi connectivity index (χ3v) is 3.80. The van der Waals surface area contributed by atoms with E-state index in [-0.39, 0.29) is 0 Å². The van der Waals surface area contributed by atoms with Gasteiger partial charge in [-0.1, -0.05) is 0 Å². The summed E-state index contributed by atoms with van der Waals surface area (Å²) in [5.41, 5.74) is 1.41. The third kappa shape index (κ3) is 4.20. The molecular weight excluding hydrogens is 357 g/mol. The van der Waals surface area contributed by atoms with Crippen LogP contribution >= 0.6 is 0 Å². The highest BCUT2D eigenvalue weighted by Crippen LogP contribution is 2.22. The summed E-state index contributed by atoms with van der Waals surface area (Å²) < 4.78 is 45.0. The molecule has 4 nitrogen and oxygen atoms in total. The van der Waals surface area contributed by atoms with E-state index in [0.29, 0.717) is 11.8 Å². The van der Waals surface area contributed by atoms with E-state index < -0.39 is 28.9 Å². The number of methoxy groups -OCH3 is 1. The fraction of sp³-hybridized carbons (Fsp3) is 0.0500. The van der Waals surface area contributed by atoms with Crippen LogP contribution in [0.15, 0.2) is 60.7 Å². The van der Waals surface area contributed by atoms with Crippen LogP contribution in [0, 0.1) is 17.5 Å². The topological polar surface area (TPSA) is 50.4 Å². The van der Waals surface area contributed by atoms with Crippen LogP contribution in [0.1, 0.15) is 10.4 Å². The SMILES string of the molecule is COc1ccc(Nc2ccc(NC(=O)c3ccc(F)c(F)c3F)cc2)cc1. The van der Waals surface area contributed by atoms with Crippen LogP contribution in [-0.4, -0.2) is 13.0 Å². The monoisotopic (exact) mass is 372 g/mol. The van der Waals surface area contributed by atoms with Gasteiger partial charge in [0.15, 0.2) is 17.5 Å². The molecular formula is C20H15F3N2O2. The molecule has 3 rings (SSSR count). The molecule has 0 aliphatic carbocycles. The maximum atomic E-state index is 13.7. The molecule has 0 aromatic heterocycles. The number of benzene rings is 3. The van der Waals surface area contributed by atoms with Crippen molar-refractivity contribution in [3.8, 4) is 5.75 Å². The lowest BCUT2D eigenvalue weighted by atomic mass is 10.1. The lowest BCUT2D eigenvalue weighted by Crippen LogP contribution is -2.15. The fourth-order valence-electron chi connectivity index (χ4n) is 2.38. The molecule has 0 saturated carbocycles. The minimum Gasteiger partial charge on any atom is -0.497 e. The molecule has 2 N–H and O–H groups in total. The van der Waals surface area contributed by atoms with E-state index in [1.807, 2.05) is 24.3 Å². The van der Waals surface area contributed by atoms with Crippen LogP contribution in [0.2, 0.25) is 0 Å². The number of carbonyl (C=O) groups excluding carboxylic acids is 1. The number of halogens is 3. The Kier molecular flexibility index (Phi) is 5.30. The lowest BCUT2D eigenvalue weighted by molar-refractivity contribution is 0.102. The summed E-state index contributed by atoms with van der Waals surface area (Å²) in [4.78, 5) is 12.1. The Balaban J connectivity index is 1.68. The maximum absolute atomic E-state index is 13.7. The summed E-state index contributed by atoms with van der Waals surface area (Å²) >= 11 is 0. The first-order chi connectivity index (χ1) is 13.0. The van der Waals surface area contributed by atoms with Crippen LogP contribution in [0.5, 0.6) is 5.75 Å². The summed E-state index contributed by atoms with van der Waals surface area (Å²) in [5, 5.41) is 5.61. The minimum atomic E-state index is -1.68. The lowest BCUT2D eigenvalue weighted by Gasteiger charge is -2.10. The molecule has 7 heteroatoms. The molecule has 27 heavy (non-hydrogen) atoms. The largest absolute Gasteiger partial charge is 0.497 e. The van der Waals surface area contributed by atoms with Crippen molar-refractivity contribution < 1.29 is 22.7 Å². The summed E-state index contributed by atoms with van der Waals surface area (Å²) in [6, 6.07) is 15.5. The number of amides is 1. The van der Waals surface area contributed by atoms with Gasteiger partial charge in [0.05, 0.1) is 12.7 Å². The van der Waals surface area contributed by atoms with Gasteiger partial charge in [-0.25, -0.2) is 13.2 Å². The van der Waals surface area contributed by atoms with Gasteiger partial charge in [0, 0.05) is 17.1 Å². The van der Waals surface area contributed by atoms with E-state index in [1.54, 1.807) is 31.4 Å². The second-order valence-corrected chi connectivity index (χ2v) is 5.61. The van der Waals surface area contributed by atoms with Crippen LogP contribution in [0.25, 0.3) is 0 Å². The van der Waals surface area contributed by atoms with Crippen LogP contribution < -0.4 is 15.4 Å². The van der Waals surface area contributed by atoms with Gasteiger partial charge in [0.2, 0.25) is 0 Å². The van der Waals surface area contributed by atoms with Crippen molar-refractivity contribution in [2.24, 2.45) is 0 Å². The second kappa shape index (κ2) is 7.82. The Hall–Kier alpha value is -3.48. The zero-order chi connectivity index (χ0) is 19.4. The van der Waals surface area contributed by atoms with Crippen LogP contribution in [-0.2, 0) is 0 Å². The summed E-state index contributed by atoms with van der Waals surface area (Å²) in [5.74, 6) is -4.68. The molecule has 0 aliphatic heterocycles. The molecule has 0 unspecified atom stereocenters. The molecule has 0 radical (unpaired) electrons. The zero-order valence-corrected chi connectivity index (χ0v) is 14.2. The quantitative estimate of drug-likeness (QED) is 0.612. The highest BCUT2D eigenvalue weighted by Gasteiger charge is 2.18. The number of nitrogens with one attached hydrogen (secondary N) is 2. The highest BCUT2D eigenvalue weighted by atomic mass is 19.2. The van der Waals surface area contributed by atoms with Gasteiger partial charge in [0.25, 0.3) is 5.91 Å². The number of hydrogen-bond donors (Lipinski definition) is 2. The van der Waals surface area contributed by atoms with Gasteiger partial charge >= 0.3 is 0 Å². The van der Waals surface area contributed by atoms with E-state index in [4.69, 9.17) is 4.74 Å². The molecule has 138 valence electrons. The molecule has 3 aromatic rings. The molecule has 1 amide bonds. The van der Waals surface area contributed by atoms with Crippen molar-refractivity contribution in [3.63, 3.8) is 0 Å². The third-order valence-electron chi connectivity index (χ3n) is 3.80. The number of rotatable bonds is 5. The van der Waals surface area contributed by atoms with Gasteiger partial charge in [-0.2, -0.15) is 0 Å². The predicted octanol–water partition coefficient (Wildman–Crippen LogP) is 5.11. The Morgan fingerprint density at radius 1 is 0.778 bits per heavy atom. The van der Waals surface area contributed by atoms with Gasteiger partial charge in [-0.3, -0.25) is 4.79 Å². The summed E-state index contributed by atoms with van der Waals surface area (Å²) in [7, 11) is 1.58. The average molecular weight is 372 g/mol. The first-order valence-corrected chi connectivity index (χ1v) is 7.94. The van der Waals surface area contributed by atoms with Crippen LogP contribution in [0.4, 0.5) is 30.2 Å². The Bertz CT molecular complexity index is 958. The molecule has 0 aliphatic rings. The van der Waals surface area contributed by atoms with E-state index in [2.05, 4.69) is 10.6 Å². The smallest absolute Gasteiger partial charge is 0.258 e. The van der Waals surface area contributed by atoms with E-state index in [1.165, 1.54) is 0 Å². The van der Waals surface area contributed by atoms with Gasteiger partial charge in [0.1, 0.15) is 5.75 Å². The normalized spacial score (nSPS) is 10.4. The van der Waals surface area contributed by atoms with E-state index in [0.717, 1.165) is 23.2 Å². The molecule has 0 bridgehead atoms. The van der Waals surface area contributed by atoms with Crippen LogP contribution in [0.3, 0.4) is 0 Å². The molecule has 0 atom stereocenters. The molecule has 0 fully saturated rings. The first kappa shape index (κ1) is 18.3. The predicted molar refractivity (Wildman–Crippen MR) is 97.0 cm³/mol. The molecule has 0 spiro atoms. The number of carbonyl (C=O) groups is 1. The summed E-state index contributed by atoms with van der Waals surface area (Å²) in [6.45, 7) is 0. The Labute approximate surface area is 153 Å². The van der Waals surface area contributed by atoms with Gasteiger partial charge < -0.3 is 15.4 Å². The average Bonchev–Trinajstić information content (AvgIpc) is 2.68. The Morgan fingerprint density at radius 3 is 1.93 bits per heavy atom. The van der Waals surface area contributed by atoms with Gasteiger partial charge in [-0.15, -0.1) is 0 Å². The number of hydrogen-bond acceptors (Lipinski definition) is 3. The zero-order valence-electron chi connectivity index (χ0n) is 14.2. The fourth-order valence-corrected chi connectivity index (χ4v) is 2.38. The van der Waals surface area contributed by atoms with E-state index in [9.17, 15) is 18.0 Å². The maximum Gasteiger partial charge on any atom is 0.258 e. The number of anilines is 3. The summed E-state index contributed by atoms with van der Waals surface area (Å²) in [6.07, 6.45) is 0. The molecule has 0 saturated heterocycles. The molecule has 3 aromatic carbocycles. The molecule has 0 heterocycles. The van der Waals surface area contributed by atoms with Crippen molar-refractivity contribution in [1.29, 1.82) is 0 Å².